The van der Waals surface area contributed by atoms with Gasteiger partial charge in [-0.15, -0.1) is 0 Å². The molecule has 2 aromatic rings. The summed E-state index contributed by atoms with van der Waals surface area (Å²) in [5.74, 6) is -0.190. The predicted octanol–water partition coefficient (Wildman–Crippen LogP) is 1.53. The Morgan fingerprint density at radius 1 is 1.31 bits per heavy atom. The zero-order valence-corrected chi connectivity index (χ0v) is 16.4. The molecule has 7 nitrogen and oxygen atoms in total. The lowest BCUT2D eigenvalue weighted by Crippen LogP contribution is -2.37. The number of amides is 1. The molecule has 9 heteroatoms. The largest absolute Gasteiger partial charge is 0.367 e. The van der Waals surface area contributed by atoms with Crippen LogP contribution in [0.15, 0.2) is 41.6 Å². The van der Waals surface area contributed by atoms with Crippen molar-refractivity contribution in [3.05, 3.63) is 53.3 Å². The summed E-state index contributed by atoms with van der Waals surface area (Å²) in [7, 11) is -2.28. The molecule has 1 unspecified atom stereocenters. The van der Waals surface area contributed by atoms with Crippen molar-refractivity contribution in [2.75, 3.05) is 7.05 Å². The molecule has 1 amide bonds. The molecule has 0 radical (unpaired) electrons. The van der Waals surface area contributed by atoms with Crippen LogP contribution < -0.4 is 15.4 Å². The highest BCUT2D eigenvalue weighted by atomic mass is 32.2. The Bertz CT molecular complexity index is 893. The van der Waals surface area contributed by atoms with Crippen molar-refractivity contribution >= 4 is 33.3 Å². The second-order valence-electron chi connectivity index (χ2n) is 5.89. The van der Waals surface area contributed by atoms with Gasteiger partial charge in [0.05, 0.1) is 17.4 Å². The summed E-state index contributed by atoms with van der Waals surface area (Å²) in [4.78, 5) is 15.3. The average Bonchev–Trinajstić information content (AvgIpc) is 3.10. The van der Waals surface area contributed by atoms with Gasteiger partial charge in [-0.25, -0.2) is 8.42 Å². The number of thiocarbonyl (C=S) groups is 1. The number of nitrogens with one attached hydrogen (secondary N) is 4. The molecule has 1 atom stereocenters. The van der Waals surface area contributed by atoms with Gasteiger partial charge in [-0.3, -0.25) is 9.52 Å². The summed E-state index contributed by atoms with van der Waals surface area (Å²) < 4.78 is 27.2. The molecule has 0 aliphatic carbocycles. The quantitative estimate of drug-likeness (QED) is 0.557. The van der Waals surface area contributed by atoms with Gasteiger partial charge in [0.2, 0.25) is 5.91 Å². The second kappa shape index (κ2) is 8.33. The van der Waals surface area contributed by atoms with Crippen molar-refractivity contribution in [1.29, 1.82) is 0 Å². The van der Waals surface area contributed by atoms with E-state index in [1.54, 1.807) is 25.3 Å². The van der Waals surface area contributed by atoms with Crippen LogP contribution in [0.4, 0.5) is 0 Å². The first kappa shape index (κ1) is 19.9. The van der Waals surface area contributed by atoms with Gasteiger partial charge in [-0.1, -0.05) is 12.1 Å². The molecule has 0 bridgehead atoms. The zero-order valence-electron chi connectivity index (χ0n) is 14.8. The zero-order chi connectivity index (χ0) is 19.3. The summed E-state index contributed by atoms with van der Waals surface area (Å²) in [6.45, 7) is 3.57. The van der Waals surface area contributed by atoms with Gasteiger partial charge in [0.1, 0.15) is 0 Å². The first-order valence-electron chi connectivity index (χ1n) is 7.99. The number of aryl methyl sites for hydroxylation is 1. The summed E-state index contributed by atoms with van der Waals surface area (Å²) in [5, 5.41) is 5.46. The highest BCUT2D eigenvalue weighted by Gasteiger charge is 2.19. The van der Waals surface area contributed by atoms with E-state index in [1.165, 1.54) is 13.1 Å². The highest BCUT2D eigenvalue weighted by Crippen LogP contribution is 2.18. The molecule has 26 heavy (non-hydrogen) atoms. The Morgan fingerprint density at radius 3 is 2.65 bits per heavy atom. The van der Waals surface area contributed by atoms with Crippen molar-refractivity contribution < 1.29 is 13.2 Å². The number of aromatic nitrogens is 1. The van der Waals surface area contributed by atoms with Crippen molar-refractivity contribution in [3.63, 3.8) is 0 Å². The van der Waals surface area contributed by atoms with Crippen molar-refractivity contribution in [2.24, 2.45) is 0 Å². The maximum absolute atomic E-state index is 12.5. The summed E-state index contributed by atoms with van der Waals surface area (Å²) in [5.41, 5.74) is 2.14. The Morgan fingerprint density at radius 2 is 2.04 bits per heavy atom. The van der Waals surface area contributed by atoms with E-state index in [1.807, 2.05) is 19.2 Å². The van der Waals surface area contributed by atoms with E-state index < -0.39 is 10.0 Å². The minimum absolute atomic E-state index is 0.00729. The monoisotopic (exact) mass is 394 g/mol. The lowest BCUT2D eigenvalue weighted by Gasteiger charge is -2.14. The molecule has 0 aliphatic rings. The molecule has 0 fully saturated rings. The standard InChI is InChI=1S/C17H22N4O3S2/c1-11-4-5-13(8-15(11)26(23,24)21-17(25)18-3)9-16(22)20-12(2)14-6-7-19-10-14/h4-8,10,12,19H,9H2,1-3H3,(H,20,22)(H2,18,21,25). The average molecular weight is 395 g/mol. The van der Waals surface area contributed by atoms with Gasteiger partial charge in [0.15, 0.2) is 5.11 Å². The molecule has 0 saturated carbocycles. The number of sulfonamides is 1. The maximum atomic E-state index is 12.5. The van der Waals surface area contributed by atoms with Gasteiger partial charge in [-0.2, -0.15) is 0 Å². The van der Waals surface area contributed by atoms with Crippen LogP contribution in [-0.4, -0.2) is 31.5 Å². The van der Waals surface area contributed by atoms with E-state index in [2.05, 4.69) is 20.3 Å². The third-order valence-electron chi connectivity index (χ3n) is 3.86. The molecule has 140 valence electrons. The lowest BCUT2D eigenvalue weighted by atomic mass is 10.1. The van der Waals surface area contributed by atoms with Crippen molar-refractivity contribution in [1.82, 2.24) is 20.3 Å². The first-order valence-corrected chi connectivity index (χ1v) is 9.88. The fourth-order valence-electron chi connectivity index (χ4n) is 2.44. The normalized spacial score (nSPS) is 12.3. The summed E-state index contributed by atoms with van der Waals surface area (Å²) >= 11 is 4.87. The molecule has 0 saturated heterocycles. The molecule has 1 aromatic heterocycles. The minimum Gasteiger partial charge on any atom is -0.367 e. The first-order chi connectivity index (χ1) is 12.2. The van der Waals surface area contributed by atoms with Crippen LogP contribution >= 0.6 is 12.2 Å². The van der Waals surface area contributed by atoms with Crippen LogP contribution in [0.5, 0.6) is 0 Å². The fraction of sp³-hybridized carbons (Fsp3) is 0.294. The minimum atomic E-state index is -3.81. The molecule has 0 aliphatic heterocycles. The molecular formula is C17H22N4O3S2. The second-order valence-corrected chi connectivity index (χ2v) is 7.95. The molecular weight excluding hydrogens is 372 g/mol. The summed E-state index contributed by atoms with van der Waals surface area (Å²) in [6.07, 6.45) is 3.68. The van der Waals surface area contributed by atoms with Crippen LogP contribution in [0.25, 0.3) is 0 Å². The number of benzene rings is 1. The molecule has 0 spiro atoms. The smallest absolute Gasteiger partial charge is 0.263 e. The Kier molecular flexibility index (Phi) is 6.38. The number of hydrogen-bond donors (Lipinski definition) is 4. The van der Waals surface area contributed by atoms with Crippen LogP contribution in [0, 0.1) is 6.92 Å². The van der Waals surface area contributed by atoms with E-state index in [0.717, 1.165) is 5.56 Å². The third kappa shape index (κ3) is 5.06. The van der Waals surface area contributed by atoms with Gasteiger partial charge in [-0.05, 0) is 54.9 Å². The predicted molar refractivity (Wildman–Crippen MR) is 104 cm³/mol. The van der Waals surface area contributed by atoms with Crippen LogP contribution in [0.3, 0.4) is 0 Å². The third-order valence-corrected chi connectivity index (χ3v) is 5.79. The van der Waals surface area contributed by atoms with E-state index in [9.17, 15) is 13.2 Å². The Labute approximate surface area is 158 Å². The van der Waals surface area contributed by atoms with Crippen LogP contribution in [-0.2, 0) is 21.2 Å². The van der Waals surface area contributed by atoms with Crippen LogP contribution in [0.1, 0.15) is 29.7 Å². The molecule has 1 heterocycles. The molecule has 2 rings (SSSR count). The molecule has 4 N–H and O–H groups in total. The van der Waals surface area contributed by atoms with E-state index >= 15 is 0 Å². The van der Waals surface area contributed by atoms with Gasteiger partial charge < -0.3 is 15.6 Å². The number of hydrogen-bond acceptors (Lipinski definition) is 4. The van der Waals surface area contributed by atoms with E-state index in [0.29, 0.717) is 11.1 Å². The number of carbonyl (C=O) groups is 1. The topological polar surface area (TPSA) is 103 Å². The SMILES string of the molecule is CNC(=S)NS(=O)(=O)c1cc(CC(=O)NC(C)c2cc[nH]c2)ccc1C. The van der Waals surface area contributed by atoms with Gasteiger partial charge >= 0.3 is 0 Å². The number of aromatic amines is 1. The number of H-pyrrole nitrogens is 1. The number of rotatable bonds is 6. The van der Waals surface area contributed by atoms with Gasteiger partial charge in [0, 0.05) is 19.4 Å². The van der Waals surface area contributed by atoms with Crippen molar-refractivity contribution in [2.45, 2.75) is 31.2 Å². The Hall–Kier alpha value is -2.39. The molecule has 1 aromatic carbocycles. The maximum Gasteiger partial charge on any atom is 0.263 e. The summed E-state index contributed by atoms with van der Waals surface area (Å²) in [6, 6.07) is 6.66. The van der Waals surface area contributed by atoms with Crippen LogP contribution in [0.2, 0.25) is 0 Å². The fourth-order valence-corrected chi connectivity index (χ4v) is 4.02. The Balaban J connectivity index is 2.13. The lowest BCUT2D eigenvalue weighted by molar-refractivity contribution is -0.121. The highest BCUT2D eigenvalue weighted by molar-refractivity contribution is 7.91. The number of carbonyl (C=O) groups excluding carboxylic acids is 1. The van der Waals surface area contributed by atoms with E-state index in [-0.39, 0.29) is 28.4 Å². The van der Waals surface area contributed by atoms with Crippen molar-refractivity contribution in [3.8, 4) is 0 Å². The van der Waals surface area contributed by atoms with E-state index in [4.69, 9.17) is 12.2 Å². The van der Waals surface area contributed by atoms with Gasteiger partial charge in [0.25, 0.3) is 10.0 Å².